The zero-order chi connectivity index (χ0) is 18.3. The molecule has 7 nitrogen and oxygen atoms in total. The van der Waals surface area contributed by atoms with Crippen molar-refractivity contribution in [3.05, 3.63) is 39.9 Å². The Labute approximate surface area is 134 Å². The molecule has 0 aromatic heterocycles. The molecule has 0 fully saturated rings. The molecule has 2 rings (SSSR count). The molecular formula is C14H14F3N3O4. The summed E-state index contributed by atoms with van der Waals surface area (Å²) in [5, 5.41) is 25.1. The van der Waals surface area contributed by atoms with Gasteiger partial charge in [-0.05, 0) is 12.1 Å². The third-order valence-electron chi connectivity index (χ3n) is 3.56. The molecular weight excluding hydrogens is 331 g/mol. The predicted octanol–water partition coefficient (Wildman–Crippen LogP) is 2.55. The number of benzene rings is 1. The fourth-order valence-corrected chi connectivity index (χ4v) is 2.25. The van der Waals surface area contributed by atoms with Gasteiger partial charge in [-0.15, -0.1) is 0 Å². The molecule has 1 amide bonds. The molecule has 0 aliphatic carbocycles. The van der Waals surface area contributed by atoms with E-state index in [4.69, 9.17) is 0 Å². The number of nitro groups is 1. The molecule has 1 aromatic carbocycles. The Morgan fingerprint density at radius 1 is 1.38 bits per heavy atom. The number of carbonyl (C=O) groups excluding carboxylic acids is 1. The average molecular weight is 345 g/mol. The normalized spacial score (nSPS) is 21.1. The van der Waals surface area contributed by atoms with E-state index < -0.39 is 40.8 Å². The number of alkyl halides is 3. The number of carbonyl (C=O) groups is 1. The molecule has 1 aliphatic rings. The van der Waals surface area contributed by atoms with Crippen molar-refractivity contribution in [1.29, 1.82) is 0 Å². The molecule has 0 bridgehead atoms. The maximum absolute atomic E-state index is 13.0. The molecule has 1 unspecified atom stereocenters. The van der Waals surface area contributed by atoms with Gasteiger partial charge in [0.05, 0.1) is 11.3 Å². The van der Waals surface area contributed by atoms with E-state index in [0.717, 1.165) is 24.3 Å². The Morgan fingerprint density at radius 2 is 1.92 bits per heavy atom. The van der Waals surface area contributed by atoms with Crippen molar-refractivity contribution in [2.45, 2.75) is 32.2 Å². The third kappa shape index (κ3) is 3.09. The van der Waals surface area contributed by atoms with Crippen molar-refractivity contribution in [3.8, 4) is 0 Å². The monoisotopic (exact) mass is 345 g/mol. The molecule has 10 heteroatoms. The van der Waals surface area contributed by atoms with Crippen LogP contribution in [0.4, 0.5) is 18.9 Å². The molecule has 1 N–H and O–H groups in total. The minimum atomic E-state index is -4.80. The summed E-state index contributed by atoms with van der Waals surface area (Å²) < 4.78 is 38.9. The fourth-order valence-electron chi connectivity index (χ4n) is 2.25. The molecule has 0 spiro atoms. The van der Waals surface area contributed by atoms with Crippen LogP contribution in [0.15, 0.2) is 29.4 Å². The lowest BCUT2D eigenvalue weighted by Gasteiger charge is -2.32. The van der Waals surface area contributed by atoms with E-state index in [0.29, 0.717) is 5.01 Å². The second-order valence-electron chi connectivity index (χ2n) is 5.65. The summed E-state index contributed by atoms with van der Waals surface area (Å²) in [6, 6.07) is 4.29. The van der Waals surface area contributed by atoms with Gasteiger partial charge in [-0.25, -0.2) is 0 Å². The van der Waals surface area contributed by atoms with Gasteiger partial charge in [-0.2, -0.15) is 23.3 Å². The quantitative estimate of drug-likeness (QED) is 0.672. The topological polar surface area (TPSA) is 96.0 Å². The first kappa shape index (κ1) is 17.9. The van der Waals surface area contributed by atoms with Crippen LogP contribution in [-0.2, 0) is 10.5 Å². The lowest BCUT2D eigenvalue weighted by molar-refractivity contribution is -0.384. The maximum Gasteiger partial charge on any atom is 0.431 e. The first-order valence-electron chi connectivity index (χ1n) is 6.93. The van der Waals surface area contributed by atoms with Gasteiger partial charge in [-0.3, -0.25) is 14.9 Å². The van der Waals surface area contributed by atoms with Crippen LogP contribution in [0.5, 0.6) is 0 Å². The van der Waals surface area contributed by atoms with E-state index >= 15 is 0 Å². The highest BCUT2D eigenvalue weighted by molar-refractivity contribution is 5.94. The van der Waals surface area contributed by atoms with Crippen molar-refractivity contribution in [3.63, 3.8) is 0 Å². The van der Waals surface area contributed by atoms with Crippen LogP contribution in [0.2, 0.25) is 0 Å². The third-order valence-corrected chi connectivity index (χ3v) is 3.56. The highest BCUT2D eigenvalue weighted by Crippen LogP contribution is 2.40. The van der Waals surface area contributed by atoms with E-state index in [2.05, 4.69) is 5.10 Å². The Morgan fingerprint density at radius 3 is 2.33 bits per heavy atom. The molecule has 24 heavy (non-hydrogen) atoms. The number of nitrogens with zero attached hydrogens (tertiary/aromatic N) is 3. The molecule has 1 aliphatic heterocycles. The zero-order valence-electron chi connectivity index (χ0n) is 12.7. The summed E-state index contributed by atoms with van der Waals surface area (Å²) in [7, 11) is 0. The summed E-state index contributed by atoms with van der Waals surface area (Å²) >= 11 is 0. The van der Waals surface area contributed by atoms with Crippen LogP contribution < -0.4 is 0 Å². The van der Waals surface area contributed by atoms with Crippen molar-refractivity contribution < 1.29 is 28.0 Å². The maximum atomic E-state index is 13.0. The van der Waals surface area contributed by atoms with E-state index in [1.165, 1.54) is 13.8 Å². The largest absolute Gasteiger partial charge is 0.431 e. The van der Waals surface area contributed by atoms with E-state index in [-0.39, 0.29) is 11.3 Å². The van der Waals surface area contributed by atoms with Gasteiger partial charge in [0.15, 0.2) is 5.72 Å². The number of halogens is 3. The minimum Gasteiger partial charge on any atom is -0.365 e. The highest BCUT2D eigenvalue weighted by atomic mass is 19.4. The number of aliphatic hydroxyl groups is 1. The van der Waals surface area contributed by atoms with Gasteiger partial charge >= 0.3 is 6.18 Å². The van der Waals surface area contributed by atoms with Gasteiger partial charge in [-0.1, -0.05) is 13.8 Å². The lowest BCUT2D eigenvalue weighted by Crippen LogP contribution is -2.45. The van der Waals surface area contributed by atoms with Crippen LogP contribution in [0, 0.1) is 16.0 Å². The Bertz CT molecular complexity index is 700. The van der Waals surface area contributed by atoms with E-state index in [1.54, 1.807) is 0 Å². The predicted molar refractivity (Wildman–Crippen MR) is 76.8 cm³/mol. The molecule has 0 radical (unpaired) electrons. The second-order valence-corrected chi connectivity index (χ2v) is 5.65. The summed E-state index contributed by atoms with van der Waals surface area (Å²) in [5.41, 5.74) is -4.03. The van der Waals surface area contributed by atoms with Crippen molar-refractivity contribution in [2.24, 2.45) is 11.0 Å². The van der Waals surface area contributed by atoms with Gasteiger partial charge < -0.3 is 5.11 Å². The molecule has 0 saturated heterocycles. The number of amides is 1. The zero-order valence-corrected chi connectivity index (χ0v) is 12.7. The minimum absolute atomic E-state index is 0.0925. The standard InChI is InChI=1S/C14H14F3N3O4/c1-8(2)12(21)19-13(22,7-11(18-19)14(15,16)17)9-3-5-10(6-4-9)20(23)24/h3-6,8,22H,7H2,1-2H3. The summed E-state index contributed by atoms with van der Waals surface area (Å²) in [6.45, 7) is 2.92. The van der Waals surface area contributed by atoms with E-state index in [1.807, 2.05) is 0 Å². The van der Waals surface area contributed by atoms with Crippen LogP contribution in [0.3, 0.4) is 0 Å². The van der Waals surface area contributed by atoms with Crippen LogP contribution in [-0.4, -0.2) is 32.8 Å². The summed E-state index contributed by atoms with van der Waals surface area (Å²) in [6.07, 6.45) is -5.76. The van der Waals surface area contributed by atoms with E-state index in [9.17, 15) is 33.2 Å². The molecule has 1 heterocycles. The lowest BCUT2D eigenvalue weighted by atomic mass is 9.96. The Balaban J connectivity index is 2.48. The Hall–Kier alpha value is -2.49. The van der Waals surface area contributed by atoms with Crippen molar-refractivity contribution in [2.75, 3.05) is 0 Å². The molecule has 1 atom stereocenters. The number of non-ortho nitro benzene ring substituents is 1. The van der Waals surface area contributed by atoms with Crippen LogP contribution in [0.25, 0.3) is 0 Å². The fraction of sp³-hybridized carbons (Fsp3) is 0.429. The number of hydrazone groups is 1. The molecule has 130 valence electrons. The SMILES string of the molecule is CC(C)C(=O)N1N=C(C(F)(F)F)CC1(O)c1ccc([N+](=O)[O-])cc1. The highest BCUT2D eigenvalue weighted by Gasteiger charge is 2.53. The van der Waals surface area contributed by atoms with Gasteiger partial charge in [0.1, 0.15) is 5.71 Å². The number of hydrogen-bond donors (Lipinski definition) is 1. The van der Waals surface area contributed by atoms with Gasteiger partial charge in [0.2, 0.25) is 5.91 Å². The molecule has 0 saturated carbocycles. The van der Waals surface area contributed by atoms with Crippen molar-refractivity contribution >= 4 is 17.3 Å². The number of hydrogen-bond acceptors (Lipinski definition) is 5. The summed E-state index contributed by atoms with van der Waals surface area (Å²) in [5.74, 6) is -1.50. The average Bonchev–Trinajstić information content (AvgIpc) is 2.85. The summed E-state index contributed by atoms with van der Waals surface area (Å²) in [4.78, 5) is 22.1. The smallest absolute Gasteiger partial charge is 0.365 e. The first-order valence-corrected chi connectivity index (χ1v) is 6.93. The number of nitro benzene ring substituents is 1. The van der Waals surface area contributed by atoms with Gasteiger partial charge in [0, 0.05) is 23.6 Å². The second kappa shape index (κ2) is 5.86. The first-order chi connectivity index (χ1) is 11.0. The molecule has 1 aromatic rings. The Kier molecular flexibility index (Phi) is 4.36. The number of rotatable bonds is 3. The van der Waals surface area contributed by atoms with Gasteiger partial charge in [0.25, 0.3) is 5.69 Å². The van der Waals surface area contributed by atoms with Crippen LogP contribution in [0.1, 0.15) is 25.8 Å². The van der Waals surface area contributed by atoms with Crippen molar-refractivity contribution in [1.82, 2.24) is 5.01 Å². The van der Waals surface area contributed by atoms with Crippen LogP contribution >= 0.6 is 0 Å².